The molecule has 1 aromatic carbocycles. The van der Waals surface area contributed by atoms with Crippen molar-refractivity contribution in [2.45, 2.75) is 16.8 Å². The van der Waals surface area contributed by atoms with Crippen molar-refractivity contribution >= 4 is 17.7 Å². The van der Waals surface area contributed by atoms with Gasteiger partial charge in [0.2, 0.25) is 5.82 Å². The maximum Gasteiger partial charge on any atom is 0.319 e. The van der Waals surface area contributed by atoms with Crippen molar-refractivity contribution in [2.24, 2.45) is 0 Å². The molecule has 2 aromatic heterocycles. The first kappa shape index (κ1) is 14.1. The normalized spacial score (nSPS) is 17.4. The maximum atomic E-state index is 11.7. The number of rotatable bonds is 4. The lowest BCUT2D eigenvalue weighted by Crippen LogP contribution is -2.11. The number of nitrogens with zero attached hydrogens (tertiary/aromatic N) is 3. The fourth-order valence-electron chi connectivity index (χ4n) is 2.43. The van der Waals surface area contributed by atoms with E-state index in [0.29, 0.717) is 29.8 Å². The Balaban J connectivity index is 1.78. The molecule has 1 fully saturated rings. The number of benzene rings is 1. The zero-order valence-electron chi connectivity index (χ0n) is 12.1. The van der Waals surface area contributed by atoms with Gasteiger partial charge in [0.15, 0.2) is 10.9 Å². The van der Waals surface area contributed by atoms with E-state index in [4.69, 9.17) is 9.15 Å². The van der Waals surface area contributed by atoms with Gasteiger partial charge in [-0.25, -0.2) is 0 Å². The van der Waals surface area contributed by atoms with Crippen LogP contribution in [0.3, 0.4) is 0 Å². The molecule has 0 N–H and O–H groups in total. The maximum absolute atomic E-state index is 11.7. The highest BCUT2D eigenvalue weighted by Crippen LogP contribution is 2.33. The van der Waals surface area contributed by atoms with Gasteiger partial charge in [-0.15, -0.1) is 10.2 Å². The van der Waals surface area contributed by atoms with Crippen molar-refractivity contribution in [3.63, 3.8) is 0 Å². The smallest absolute Gasteiger partial charge is 0.319 e. The van der Waals surface area contributed by atoms with Gasteiger partial charge in [0.1, 0.15) is 5.25 Å². The first-order chi connectivity index (χ1) is 11.3. The van der Waals surface area contributed by atoms with Gasteiger partial charge in [-0.05, 0) is 24.3 Å². The van der Waals surface area contributed by atoms with E-state index < -0.39 is 0 Å². The molecule has 1 atom stereocenters. The summed E-state index contributed by atoms with van der Waals surface area (Å²) in [5.74, 6) is 1.04. The molecule has 0 spiro atoms. The summed E-state index contributed by atoms with van der Waals surface area (Å²) in [7, 11) is 0. The molecule has 0 radical (unpaired) electrons. The summed E-state index contributed by atoms with van der Waals surface area (Å²) < 4.78 is 12.4. The lowest BCUT2D eigenvalue weighted by molar-refractivity contribution is -0.137. The monoisotopic (exact) mass is 327 g/mol. The van der Waals surface area contributed by atoms with E-state index in [2.05, 4.69) is 10.2 Å². The number of esters is 1. The van der Waals surface area contributed by atoms with E-state index in [-0.39, 0.29) is 11.2 Å². The number of carbonyl (C=O) groups is 1. The summed E-state index contributed by atoms with van der Waals surface area (Å²) in [6.45, 7) is 0.459. The lowest BCUT2D eigenvalue weighted by atomic mass is 10.3. The number of cyclic esters (lactones) is 1. The van der Waals surface area contributed by atoms with Gasteiger partial charge in [-0.1, -0.05) is 30.0 Å². The number of hydrogen-bond acceptors (Lipinski definition) is 6. The SMILES string of the molecule is O=C1OCC[C@@H]1Sc1nnc(-c2ccco2)n1-c1ccccc1. The van der Waals surface area contributed by atoms with Crippen LogP contribution in [0.1, 0.15) is 6.42 Å². The molecule has 23 heavy (non-hydrogen) atoms. The molecule has 1 saturated heterocycles. The predicted molar refractivity (Wildman–Crippen MR) is 84.3 cm³/mol. The first-order valence-corrected chi connectivity index (χ1v) is 8.09. The number of carbonyl (C=O) groups excluding carboxylic acids is 1. The number of para-hydroxylation sites is 1. The van der Waals surface area contributed by atoms with Crippen LogP contribution in [0, 0.1) is 0 Å². The van der Waals surface area contributed by atoms with Gasteiger partial charge in [-0.2, -0.15) is 0 Å². The fraction of sp³-hybridized carbons (Fsp3) is 0.188. The van der Waals surface area contributed by atoms with Crippen molar-refractivity contribution < 1.29 is 13.9 Å². The highest BCUT2D eigenvalue weighted by Gasteiger charge is 2.30. The van der Waals surface area contributed by atoms with Gasteiger partial charge < -0.3 is 9.15 Å². The Labute approximate surface area is 136 Å². The third-order valence-corrected chi connectivity index (χ3v) is 4.71. The third-order valence-electron chi connectivity index (χ3n) is 3.52. The van der Waals surface area contributed by atoms with E-state index in [1.807, 2.05) is 41.0 Å². The van der Waals surface area contributed by atoms with Crippen LogP contribution < -0.4 is 0 Å². The average molecular weight is 327 g/mol. The Morgan fingerprint density at radius 1 is 1.13 bits per heavy atom. The first-order valence-electron chi connectivity index (χ1n) is 7.21. The highest BCUT2D eigenvalue weighted by atomic mass is 32.2. The molecule has 0 unspecified atom stereocenters. The quantitative estimate of drug-likeness (QED) is 0.686. The van der Waals surface area contributed by atoms with Crippen LogP contribution in [-0.4, -0.2) is 32.6 Å². The van der Waals surface area contributed by atoms with E-state index in [1.165, 1.54) is 11.8 Å². The fourth-order valence-corrected chi connectivity index (χ4v) is 3.45. The molecule has 4 rings (SSSR count). The average Bonchev–Trinajstić information content (AvgIpc) is 3.30. The lowest BCUT2D eigenvalue weighted by Gasteiger charge is -2.10. The van der Waals surface area contributed by atoms with Crippen molar-refractivity contribution in [1.29, 1.82) is 0 Å². The molecular weight excluding hydrogens is 314 g/mol. The summed E-state index contributed by atoms with van der Waals surface area (Å²) in [6.07, 6.45) is 2.28. The van der Waals surface area contributed by atoms with E-state index >= 15 is 0 Å². The second-order valence-electron chi connectivity index (χ2n) is 5.02. The van der Waals surface area contributed by atoms with Crippen LogP contribution in [0.2, 0.25) is 0 Å². The third kappa shape index (κ3) is 2.63. The van der Waals surface area contributed by atoms with Crippen LogP contribution in [0.5, 0.6) is 0 Å². The topological polar surface area (TPSA) is 70.2 Å². The summed E-state index contributed by atoms with van der Waals surface area (Å²) in [4.78, 5) is 11.7. The van der Waals surface area contributed by atoms with Crippen LogP contribution >= 0.6 is 11.8 Å². The Morgan fingerprint density at radius 3 is 2.70 bits per heavy atom. The number of aromatic nitrogens is 3. The molecule has 0 aliphatic carbocycles. The molecule has 3 aromatic rings. The van der Waals surface area contributed by atoms with Crippen molar-refractivity contribution in [3.8, 4) is 17.3 Å². The number of thioether (sulfide) groups is 1. The summed E-state index contributed by atoms with van der Waals surface area (Å²) in [6, 6.07) is 13.4. The molecule has 7 heteroatoms. The molecule has 116 valence electrons. The Kier molecular flexibility index (Phi) is 3.63. The minimum absolute atomic E-state index is 0.197. The van der Waals surface area contributed by atoms with Crippen molar-refractivity contribution in [2.75, 3.05) is 6.61 Å². The Hall–Kier alpha value is -2.54. The Morgan fingerprint density at radius 2 is 2.00 bits per heavy atom. The minimum Gasteiger partial charge on any atom is -0.465 e. The van der Waals surface area contributed by atoms with E-state index in [1.54, 1.807) is 12.3 Å². The summed E-state index contributed by atoms with van der Waals surface area (Å²) in [5.41, 5.74) is 0.915. The van der Waals surface area contributed by atoms with Gasteiger partial charge >= 0.3 is 5.97 Å². The summed E-state index contributed by atoms with van der Waals surface area (Å²) in [5, 5.41) is 8.90. The standard InChI is InChI=1S/C16H13N3O3S/c20-15-13(8-10-22-15)23-16-18-17-14(12-7-4-9-21-12)19(16)11-5-2-1-3-6-11/h1-7,9,13H,8,10H2/t13-/m0/s1. The van der Waals surface area contributed by atoms with Crippen molar-refractivity contribution in [3.05, 3.63) is 48.7 Å². The summed E-state index contributed by atoms with van der Waals surface area (Å²) >= 11 is 1.37. The van der Waals surface area contributed by atoms with Crippen LogP contribution in [0.4, 0.5) is 0 Å². The largest absolute Gasteiger partial charge is 0.465 e. The Bertz CT molecular complexity index is 814. The molecule has 0 bridgehead atoms. The van der Waals surface area contributed by atoms with E-state index in [0.717, 1.165) is 5.69 Å². The van der Waals surface area contributed by atoms with Gasteiger partial charge in [0.05, 0.1) is 12.9 Å². The second kappa shape index (κ2) is 5.92. The van der Waals surface area contributed by atoms with Crippen molar-refractivity contribution in [1.82, 2.24) is 14.8 Å². The zero-order chi connectivity index (χ0) is 15.6. The molecule has 6 nitrogen and oxygen atoms in total. The predicted octanol–water partition coefficient (Wildman–Crippen LogP) is 2.93. The van der Waals surface area contributed by atoms with E-state index in [9.17, 15) is 4.79 Å². The van der Waals surface area contributed by atoms with Gasteiger partial charge in [-0.3, -0.25) is 9.36 Å². The molecule has 1 aliphatic heterocycles. The molecule has 0 saturated carbocycles. The van der Waals surface area contributed by atoms with Crippen LogP contribution in [-0.2, 0) is 9.53 Å². The number of hydrogen-bond donors (Lipinski definition) is 0. The molecule has 1 aliphatic rings. The van der Waals surface area contributed by atoms with Crippen LogP contribution in [0.25, 0.3) is 17.3 Å². The highest BCUT2D eigenvalue weighted by molar-refractivity contribution is 8.00. The van der Waals surface area contributed by atoms with Gasteiger partial charge in [0, 0.05) is 12.1 Å². The number of furan rings is 1. The number of ether oxygens (including phenoxy) is 1. The zero-order valence-corrected chi connectivity index (χ0v) is 12.9. The van der Waals surface area contributed by atoms with Gasteiger partial charge in [0.25, 0.3) is 0 Å². The molecule has 0 amide bonds. The van der Waals surface area contributed by atoms with Crippen LogP contribution in [0.15, 0.2) is 58.3 Å². The minimum atomic E-state index is -0.244. The molecule has 3 heterocycles. The molecular formula is C16H13N3O3S. The second-order valence-corrected chi connectivity index (χ2v) is 6.19.